The number of anilines is 1. The first-order valence-corrected chi connectivity index (χ1v) is 9.18. The first kappa shape index (κ1) is 20.0. The lowest BCUT2D eigenvalue weighted by Crippen LogP contribution is -2.13. The molecule has 0 spiro atoms. The average molecular weight is 374 g/mol. The van der Waals surface area contributed by atoms with Gasteiger partial charge in [-0.25, -0.2) is 0 Å². The van der Waals surface area contributed by atoms with Crippen molar-refractivity contribution in [3.05, 3.63) is 64.7 Å². The lowest BCUT2D eigenvalue weighted by atomic mass is 10.1. The highest BCUT2D eigenvalue weighted by atomic mass is 35.5. The van der Waals surface area contributed by atoms with Gasteiger partial charge in [-0.05, 0) is 49.4 Å². The Morgan fingerprint density at radius 2 is 1.81 bits per heavy atom. The van der Waals surface area contributed by atoms with Gasteiger partial charge in [0.15, 0.2) is 0 Å². The molecule has 26 heavy (non-hydrogen) atoms. The van der Waals surface area contributed by atoms with Crippen LogP contribution in [0.15, 0.2) is 48.5 Å². The van der Waals surface area contributed by atoms with E-state index in [2.05, 4.69) is 17.4 Å². The standard InChI is InChI=1S/C21H24ClNO3/c1-16-12-13-18(22)15-19(16)23-20(24)10-5-11-21(25)26-14-6-9-17-7-3-2-4-8-17/h2-4,7-8,12-13,15H,5-6,9-11,14H2,1H3,(H,23,24). The molecule has 0 aliphatic rings. The topological polar surface area (TPSA) is 55.4 Å². The summed E-state index contributed by atoms with van der Waals surface area (Å²) in [7, 11) is 0. The molecule has 5 heteroatoms. The van der Waals surface area contributed by atoms with Crippen LogP contribution in [0.1, 0.15) is 36.8 Å². The van der Waals surface area contributed by atoms with Crippen LogP contribution in [0.2, 0.25) is 5.02 Å². The first-order valence-electron chi connectivity index (χ1n) is 8.80. The van der Waals surface area contributed by atoms with Crippen molar-refractivity contribution in [2.24, 2.45) is 0 Å². The molecule has 2 rings (SSSR count). The summed E-state index contributed by atoms with van der Waals surface area (Å²) in [4.78, 5) is 23.7. The first-order chi connectivity index (χ1) is 12.5. The Morgan fingerprint density at radius 3 is 2.58 bits per heavy atom. The van der Waals surface area contributed by atoms with Crippen LogP contribution >= 0.6 is 11.6 Å². The van der Waals surface area contributed by atoms with E-state index in [1.54, 1.807) is 12.1 Å². The molecule has 1 N–H and O–H groups in total. The van der Waals surface area contributed by atoms with Crippen LogP contribution in [0.5, 0.6) is 0 Å². The molecule has 0 bridgehead atoms. The molecule has 0 fully saturated rings. The summed E-state index contributed by atoms with van der Waals surface area (Å²) >= 11 is 5.93. The monoisotopic (exact) mass is 373 g/mol. The van der Waals surface area contributed by atoms with Crippen LogP contribution in [0, 0.1) is 6.92 Å². The van der Waals surface area contributed by atoms with Crippen molar-refractivity contribution in [1.29, 1.82) is 0 Å². The van der Waals surface area contributed by atoms with E-state index in [-0.39, 0.29) is 24.7 Å². The van der Waals surface area contributed by atoms with Gasteiger partial charge >= 0.3 is 5.97 Å². The van der Waals surface area contributed by atoms with E-state index in [4.69, 9.17) is 16.3 Å². The number of carbonyl (C=O) groups excluding carboxylic acids is 2. The molecule has 2 aromatic rings. The summed E-state index contributed by atoms with van der Waals surface area (Å²) < 4.78 is 5.21. The van der Waals surface area contributed by atoms with Gasteiger partial charge < -0.3 is 10.1 Å². The van der Waals surface area contributed by atoms with Crippen molar-refractivity contribution >= 4 is 29.2 Å². The van der Waals surface area contributed by atoms with Crippen molar-refractivity contribution in [2.45, 2.75) is 39.0 Å². The van der Waals surface area contributed by atoms with Gasteiger partial charge in [0.25, 0.3) is 0 Å². The van der Waals surface area contributed by atoms with Crippen LogP contribution in [-0.4, -0.2) is 18.5 Å². The summed E-state index contributed by atoms with van der Waals surface area (Å²) in [5.41, 5.74) is 2.88. The zero-order valence-electron chi connectivity index (χ0n) is 15.0. The van der Waals surface area contributed by atoms with E-state index in [0.717, 1.165) is 18.4 Å². The molecule has 0 aliphatic carbocycles. The fraction of sp³-hybridized carbons (Fsp3) is 0.333. The Hall–Kier alpha value is -2.33. The van der Waals surface area contributed by atoms with Crippen molar-refractivity contribution in [3.8, 4) is 0 Å². The second kappa shape index (κ2) is 10.6. The number of esters is 1. The third-order valence-corrected chi connectivity index (χ3v) is 4.21. The van der Waals surface area contributed by atoms with Gasteiger partial charge in [-0.2, -0.15) is 0 Å². The van der Waals surface area contributed by atoms with Crippen LogP contribution in [0.4, 0.5) is 5.69 Å². The molecule has 0 radical (unpaired) electrons. The van der Waals surface area contributed by atoms with Crippen molar-refractivity contribution < 1.29 is 14.3 Å². The van der Waals surface area contributed by atoms with Gasteiger partial charge in [-0.1, -0.05) is 48.0 Å². The highest BCUT2D eigenvalue weighted by Gasteiger charge is 2.08. The van der Waals surface area contributed by atoms with E-state index in [1.807, 2.05) is 31.2 Å². The Balaban J connectivity index is 1.59. The number of aryl methyl sites for hydroxylation is 2. The van der Waals surface area contributed by atoms with Gasteiger partial charge in [0.2, 0.25) is 5.91 Å². The SMILES string of the molecule is Cc1ccc(Cl)cc1NC(=O)CCCC(=O)OCCCc1ccccc1. The molecule has 0 saturated carbocycles. The van der Waals surface area contributed by atoms with Gasteiger partial charge in [0, 0.05) is 23.6 Å². The number of ether oxygens (including phenoxy) is 1. The Morgan fingerprint density at radius 1 is 1.04 bits per heavy atom. The highest BCUT2D eigenvalue weighted by Crippen LogP contribution is 2.20. The molecule has 138 valence electrons. The lowest BCUT2D eigenvalue weighted by Gasteiger charge is -2.09. The molecule has 4 nitrogen and oxygen atoms in total. The minimum Gasteiger partial charge on any atom is -0.466 e. The van der Waals surface area contributed by atoms with E-state index in [0.29, 0.717) is 23.7 Å². The quantitative estimate of drug-likeness (QED) is 0.500. The number of rotatable bonds is 9. The van der Waals surface area contributed by atoms with Crippen LogP contribution in [0.25, 0.3) is 0 Å². The number of halogens is 1. The zero-order valence-corrected chi connectivity index (χ0v) is 15.7. The predicted octanol–water partition coefficient (Wildman–Crippen LogP) is 4.93. The molecule has 0 atom stereocenters. The minimum absolute atomic E-state index is 0.132. The lowest BCUT2D eigenvalue weighted by molar-refractivity contribution is -0.143. The van der Waals surface area contributed by atoms with Crippen molar-refractivity contribution in [3.63, 3.8) is 0 Å². The summed E-state index contributed by atoms with van der Waals surface area (Å²) in [6.07, 6.45) is 2.65. The second-order valence-corrected chi connectivity index (χ2v) is 6.61. The molecule has 1 amide bonds. The van der Waals surface area contributed by atoms with E-state index in [1.165, 1.54) is 5.56 Å². The van der Waals surface area contributed by atoms with E-state index in [9.17, 15) is 9.59 Å². The van der Waals surface area contributed by atoms with Crippen LogP contribution in [-0.2, 0) is 20.7 Å². The van der Waals surface area contributed by atoms with Gasteiger partial charge in [-0.3, -0.25) is 9.59 Å². The zero-order chi connectivity index (χ0) is 18.8. The van der Waals surface area contributed by atoms with Crippen molar-refractivity contribution in [2.75, 3.05) is 11.9 Å². The second-order valence-electron chi connectivity index (χ2n) is 6.17. The van der Waals surface area contributed by atoms with Crippen LogP contribution < -0.4 is 5.32 Å². The number of amides is 1. The van der Waals surface area contributed by atoms with Crippen LogP contribution in [0.3, 0.4) is 0 Å². The predicted molar refractivity (Wildman–Crippen MR) is 104 cm³/mol. The maximum absolute atomic E-state index is 12.0. The van der Waals surface area contributed by atoms with Gasteiger partial charge in [0.05, 0.1) is 6.61 Å². The largest absolute Gasteiger partial charge is 0.466 e. The van der Waals surface area contributed by atoms with Gasteiger partial charge in [0.1, 0.15) is 0 Å². The molecule has 2 aromatic carbocycles. The third kappa shape index (κ3) is 7.28. The number of hydrogen-bond acceptors (Lipinski definition) is 3. The summed E-state index contributed by atoms with van der Waals surface area (Å²) in [6, 6.07) is 15.4. The van der Waals surface area contributed by atoms with Crippen molar-refractivity contribution in [1.82, 2.24) is 0 Å². The van der Waals surface area contributed by atoms with E-state index < -0.39 is 0 Å². The average Bonchev–Trinajstić information content (AvgIpc) is 2.63. The molecule has 0 heterocycles. The smallest absolute Gasteiger partial charge is 0.305 e. The number of benzene rings is 2. The maximum Gasteiger partial charge on any atom is 0.305 e. The highest BCUT2D eigenvalue weighted by molar-refractivity contribution is 6.31. The molecule has 0 aromatic heterocycles. The fourth-order valence-electron chi connectivity index (χ4n) is 2.51. The van der Waals surface area contributed by atoms with Gasteiger partial charge in [-0.15, -0.1) is 0 Å². The number of nitrogens with one attached hydrogen (secondary N) is 1. The number of hydrogen-bond donors (Lipinski definition) is 1. The Bertz CT molecular complexity index is 731. The third-order valence-electron chi connectivity index (χ3n) is 3.97. The minimum atomic E-state index is -0.259. The summed E-state index contributed by atoms with van der Waals surface area (Å²) in [6.45, 7) is 2.31. The molecular weight excluding hydrogens is 350 g/mol. The fourth-order valence-corrected chi connectivity index (χ4v) is 2.69. The van der Waals surface area contributed by atoms with E-state index >= 15 is 0 Å². The summed E-state index contributed by atoms with van der Waals surface area (Å²) in [5.74, 6) is -0.392. The summed E-state index contributed by atoms with van der Waals surface area (Å²) in [5, 5.41) is 3.39. The molecule has 0 unspecified atom stereocenters. The normalized spacial score (nSPS) is 10.4. The molecule has 0 aliphatic heterocycles. The Kier molecular flexibility index (Phi) is 8.16. The molecule has 0 saturated heterocycles. The number of carbonyl (C=O) groups is 2. The Labute approximate surface area is 159 Å². The maximum atomic E-state index is 12.0. The molecular formula is C21H24ClNO3.